The van der Waals surface area contributed by atoms with Crippen molar-refractivity contribution in [3.63, 3.8) is 0 Å². The molecule has 5 nitrogen and oxygen atoms in total. The molecule has 0 bridgehead atoms. The minimum atomic E-state index is -0.655. The van der Waals surface area contributed by atoms with E-state index in [0.29, 0.717) is 11.3 Å². The molecule has 1 aliphatic heterocycles. The zero-order valence-corrected chi connectivity index (χ0v) is 9.85. The molecular weight excluding hydrogens is 236 g/mol. The summed E-state index contributed by atoms with van der Waals surface area (Å²) in [6, 6.07) is 6.29. The molecule has 0 saturated carbocycles. The van der Waals surface area contributed by atoms with Gasteiger partial charge in [0.05, 0.1) is 5.57 Å². The first-order valence-electron chi connectivity index (χ1n) is 5.25. The number of carbonyl (C=O) groups is 3. The minimum Gasteiger partial charge on any atom is -0.427 e. The highest BCUT2D eigenvalue weighted by atomic mass is 16.6. The molecule has 0 spiro atoms. The molecule has 0 radical (unpaired) electrons. The van der Waals surface area contributed by atoms with E-state index in [-0.39, 0.29) is 11.1 Å². The molecule has 0 unspecified atom stereocenters. The molecule has 1 heterocycles. The summed E-state index contributed by atoms with van der Waals surface area (Å²) in [7, 11) is 0. The number of esters is 3. The smallest absolute Gasteiger partial charge is 0.347 e. The summed E-state index contributed by atoms with van der Waals surface area (Å²) >= 11 is 0. The Bertz CT molecular complexity index is 566. The van der Waals surface area contributed by atoms with Crippen molar-refractivity contribution in [2.75, 3.05) is 0 Å². The number of hydrogen-bond acceptors (Lipinski definition) is 5. The number of hydrogen-bond donors (Lipinski definition) is 0. The fourth-order valence-electron chi connectivity index (χ4n) is 1.66. The van der Waals surface area contributed by atoms with Crippen LogP contribution in [0.15, 0.2) is 29.8 Å². The summed E-state index contributed by atoms with van der Waals surface area (Å²) in [6.07, 6.45) is 0. The van der Waals surface area contributed by atoms with Gasteiger partial charge in [-0.15, -0.1) is 0 Å². The Hall–Kier alpha value is -2.43. The zero-order valence-electron chi connectivity index (χ0n) is 9.85. The Morgan fingerprint density at radius 1 is 1.11 bits per heavy atom. The molecular formula is C13H10O5. The highest BCUT2D eigenvalue weighted by molar-refractivity contribution is 6.30. The van der Waals surface area contributed by atoms with Gasteiger partial charge in [-0.05, 0) is 24.6 Å². The van der Waals surface area contributed by atoms with Gasteiger partial charge in [0.2, 0.25) is 0 Å². The van der Waals surface area contributed by atoms with E-state index in [2.05, 4.69) is 4.74 Å². The molecule has 0 N–H and O–H groups in total. The summed E-state index contributed by atoms with van der Waals surface area (Å²) in [6.45, 7) is 2.83. The second kappa shape index (κ2) is 4.44. The average molecular weight is 246 g/mol. The zero-order chi connectivity index (χ0) is 13.3. The van der Waals surface area contributed by atoms with E-state index in [1.54, 1.807) is 24.3 Å². The van der Waals surface area contributed by atoms with Crippen molar-refractivity contribution in [2.45, 2.75) is 13.8 Å². The van der Waals surface area contributed by atoms with E-state index in [9.17, 15) is 14.4 Å². The SMILES string of the molecule is CC(=O)Oc1ccc(C2=C(C)C(=O)OC2=O)cc1. The van der Waals surface area contributed by atoms with Crippen LogP contribution in [0.3, 0.4) is 0 Å². The maximum atomic E-state index is 11.5. The maximum Gasteiger partial charge on any atom is 0.347 e. The molecule has 92 valence electrons. The fraction of sp³-hybridized carbons (Fsp3) is 0.154. The lowest BCUT2D eigenvalue weighted by Crippen LogP contribution is -2.02. The average Bonchev–Trinajstić information content (AvgIpc) is 2.54. The minimum absolute atomic E-state index is 0.245. The van der Waals surface area contributed by atoms with Crippen LogP contribution in [0.25, 0.3) is 5.57 Å². The molecule has 1 aromatic rings. The van der Waals surface area contributed by atoms with Gasteiger partial charge in [0.15, 0.2) is 0 Å². The van der Waals surface area contributed by atoms with Gasteiger partial charge in [-0.2, -0.15) is 0 Å². The molecule has 1 aliphatic rings. The summed E-state index contributed by atoms with van der Waals surface area (Å²) in [5.74, 6) is -1.33. The highest BCUT2D eigenvalue weighted by Crippen LogP contribution is 2.28. The fourth-order valence-corrected chi connectivity index (χ4v) is 1.66. The van der Waals surface area contributed by atoms with E-state index in [0.717, 1.165) is 0 Å². The molecule has 1 aromatic carbocycles. The molecule has 0 aromatic heterocycles. The predicted molar refractivity (Wildman–Crippen MR) is 61.4 cm³/mol. The first kappa shape index (κ1) is 12.0. The summed E-state index contributed by atoms with van der Waals surface area (Å²) in [4.78, 5) is 33.4. The van der Waals surface area contributed by atoms with Crippen molar-refractivity contribution in [1.29, 1.82) is 0 Å². The summed E-state index contributed by atoms with van der Waals surface area (Å²) in [5, 5.41) is 0. The molecule has 0 fully saturated rings. The lowest BCUT2D eigenvalue weighted by atomic mass is 10.0. The molecule has 0 amide bonds. The largest absolute Gasteiger partial charge is 0.427 e. The van der Waals surface area contributed by atoms with Crippen LogP contribution in [0.5, 0.6) is 5.75 Å². The highest BCUT2D eigenvalue weighted by Gasteiger charge is 2.30. The summed E-state index contributed by atoms with van der Waals surface area (Å²) in [5.41, 5.74) is 1.08. The van der Waals surface area contributed by atoms with Crippen LogP contribution < -0.4 is 4.74 Å². The summed E-state index contributed by atoms with van der Waals surface area (Å²) < 4.78 is 9.37. The van der Waals surface area contributed by atoms with Crippen LogP contribution in [0, 0.1) is 0 Å². The first-order chi connectivity index (χ1) is 8.49. The van der Waals surface area contributed by atoms with Gasteiger partial charge in [0.25, 0.3) is 0 Å². The van der Waals surface area contributed by atoms with E-state index in [4.69, 9.17) is 4.74 Å². The second-order valence-electron chi connectivity index (χ2n) is 3.79. The van der Waals surface area contributed by atoms with Crippen LogP contribution in [0.1, 0.15) is 19.4 Å². The van der Waals surface area contributed by atoms with Gasteiger partial charge in [0, 0.05) is 12.5 Å². The van der Waals surface area contributed by atoms with Crippen LogP contribution in [-0.4, -0.2) is 17.9 Å². The van der Waals surface area contributed by atoms with E-state index in [1.807, 2.05) is 0 Å². The Kier molecular flexibility index (Phi) is 2.97. The standard InChI is InChI=1S/C13H10O5/c1-7-11(13(16)18-12(7)15)9-3-5-10(6-4-9)17-8(2)14/h3-6H,1-2H3. The normalized spacial score (nSPS) is 14.8. The Labute approximate surface area is 103 Å². The molecule has 5 heteroatoms. The van der Waals surface area contributed by atoms with E-state index >= 15 is 0 Å². The Balaban J connectivity index is 2.33. The third-order valence-corrected chi connectivity index (χ3v) is 2.48. The number of benzene rings is 1. The molecule has 0 aliphatic carbocycles. The van der Waals surface area contributed by atoms with Crippen molar-refractivity contribution in [1.82, 2.24) is 0 Å². The quantitative estimate of drug-likeness (QED) is 0.449. The monoisotopic (exact) mass is 246 g/mol. The van der Waals surface area contributed by atoms with Gasteiger partial charge in [0.1, 0.15) is 5.75 Å². The Morgan fingerprint density at radius 3 is 2.17 bits per heavy atom. The second-order valence-corrected chi connectivity index (χ2v) is 3.79. The number of cyclic esters (lactones) is 2. The Morgan fingerprint density at radius 2 is 1.72 bits per heavy atom. The first-order valence-corrected chi connectivity index (χ1v) is 5.25. The van der Waals surface area contributed by atoms with Crippen LogP contribution >= 0.6 is 0 Å². The van der Waals surface area contributed by atoms with Crippen molar-refractivity contribution in [3.05, 3.63) is 35.4 Å². The maximum absolute atomic E-state index is 11.5. The lowest BCUT2D eigenvalue weighted by Gasteiger charge is -2.03. The van der Waals surface area contributed by atoms with Gasteiger partial charge in [-0.3, -0.25) is 4.79 Å². The third-order valence-electron chi connectivity index (χ3n) is 2.48. The van der Waals surface area contributed by atoms with Gasteiger partial charge < -0.3 is 9.47 Å². The molecule has 2 rings (SSSR count). The van der Waals surface area contributed by atoms with Crippen molar-refractivity contribution in [2.24, 2.45) is 0 Å². The van der Waals surface area contributed by atoms with Crippen molar-refractivity contribution >= 4 is 23.5 Å². The van der Waals surface area contributed by atoms with Gasteiger partial charge in [-0.1, -0.05) is 12.1 Å². The van der Waals surface area contributed by atoms with Crippen LogP contribution in [0.4, 0.5) is 0 Å². The number of ether oxygens (including phenoxy) is 2. The van der Waals surface area contributed by atoms with Crippen molar-refractivity contribution < 1.29 is 23.9 Å². The van der Waals surface area contributed by atoms with Crippen molar-refractivity contribution in [3.8, 4) is 5.75 Å². The van der Waals surface area contributed by atoms with Crippen LogP contribution in [-0.2, 0) is 19.1 Å². The van der Waals surface area contributed by atoms with Gasteiger partial charge in [-0.25, -0.2) is 9.59 Å². The number of carbonyl (C=O) groups excluding carboxylic acids is 3. The van der Waals surface area contributed by atoms with Crippen LogP contribution in [0.2, 0.25) is 0 Å². The van der Waals surface area contributed by atoms with E-state index < -0.39 is 17.9 Å². The van der Waals surface area contributed by atoms with E-state index in [1.165, 1.54) is 13.8 Å². The molecule has 18 heavy (non-hydrogen) atoms. The molecule has 0 saturated heterocycles. The van der Waals surface area contributed by atoms with Gasteiger partial charge >= 0.3 is 17.9 Å². The molecule has 0 atom stereocenters. The third kappa shape index (κ3) is 2.15. The number of rotatable bonds is 2. The lowest BCUT2D eigenvalue weighted by molar-refractivity contribution is -0.150. The predicted octanol–water partition coefficient (Wildman–Crippen LogP) is 1.47. The topological polar surface area (TPSA) is 69.7 Å².